The quantitative estimate of drug-likeness (QED) is 0.884. The number of hydrogen-bond donors (Lipinski definition) is 2. The lowest BCUT2D eigenvalue weighted by atomic mass is 10.1. The van der Waals surface area contributed by atoms with Crippen molar-refractivity contribution in [3.63, 3.8) is 0 Å². The number of aryl methyl sites for hydroxylation is 2. The molecule has 6 heteroatoms. The molecule has 1 unspecified atom stereocenters. The third-order valence-electron chi connectivity index (χ3n) is 3.14. The summed E-state index contributed by atoms with van der Waals surface area (Å²) in [5.74, 6) is 2.05. The van der Waals surface area contributed by atoms with Crippen molar-refractivity contribution in [1.29, 1.82) is 0 Å². The van der Waals surface area contributed by atoms with Crippen LogP contribution in [-0.2, 0) is 0 Å². The van der Waals surface area contributed by atoms with Gasteiger partial charge in [-0.2, -0.15) is 0 Å². The van der Waals surface area contributed by atoms with Crippen LogP contribution in [0.25, 0.3) is 0 Å². The molecule has 0 fully saturated rings. The molecule has 1 atom stereocenters. The molecule has 2 aromatic rings. The summed E-state index contributed by atoms with van der Waals surface area (Å²) >= 11 is 0. The van der Waals surface area contributed by atoms with Crippen molar-refractivity contribution in [1.82, 2.24) is 15.3 Å². The third kappa shape index (κ3) is 3.59. The van der Waals surface area contributed by atoms with Crippen LogP contribution in [0.15, 0.2) is 22.9 Å². The number of furan rings is 1. The van der Waals surface area contributed by atoms with E-state index in [0.717, 1.165) is 23.6 Å². The van der Waals surface area contributed by atoms with Crippen LogP contribution in [0, 0.1) is 13.8 Å². The zero-order valence-corrected chi connectivity index (χ0v) is 12.7. The third-order valence-corrected chi connectivity index (χ3v) is 3.14. The molecule has 0 aromatic carbocycles. The number of amides is 1. The van der Waals surface area contributed by atoms with Crippen molar-refractivity contribution in [2.24, 2.45) is 0 Å². The Morgan fingerprint density at radius 2 is 2.10 bits per heavy atom. The second-order valence-corrected chi connectivity index (χ2v) is 4.88. The van der Waals surface area contributed by atoms with Crippen LogP contribution in [0.4, 0.5) is 5.82 Å². The Bertz CT molecular complexity index is 619. The first-order valence-electron chi connectivity index (χ1n) is 6.95. The molecule has 0 spiro atoms. The number of rotatable bonds is 5. The molecular weight excluding hydrogens is 268 g/mol. The van der Waals surface area contributed by atoms with E-state index in [9.17, 15) is 4.79 Å². The molecule has 0 saturated heterocycles. The molecule has 6 nitrogen and oxygen atoms in total. The van der Waals surface area contributed by atoms with Crippen LogP contribution in [-0.4, -0.2) is 22.4 Å². The van der Waals surface area contributed by atoms with Crippen LogP contribution in [0.1, 0.15) is 47.5 Å². The van der Waals surface area contributed by atoms with E-state index >= 15 is 0 Å². The molecule has 21 heavy (non-hydrogen) atoms. The van der Waals surface area contributed by atoms with Crippen molar-refractivity contribution in [2.45, 2.75) is 33.7 Å². The Morgan fingerprint density at radius 1 is 1.33 bits per heavy atom. The highest BCUT2D eigenvalue weighted by atomic mass is 16.3. The molecule has 1 amide bonds. The van der Waals surface area contributed by atoms with E-state index in [2.05, 4.69) is 20.6 Å². The maximum absolute atomic E-state index is 12.2. The largest absolute Gasteiger partial charge is 0.466 e. The standard InChI is InChI=1S/C15H20N4O2/c1-5-16-14-8-17-13(7-18-14)15(20)19-10(3)12-6-9(2)21-11(12)4/h6-8,10H,5H2,1-4H3,(H,16,18)(H,19,20). The molecule has 2 aromatic heterocycles. The highest BCUT2D eigenvalue weighted by Crippen LogP contribution is 2.21. The number of anilines is 1. The molecule has 0 saturated carbocycles. The van der Waals surface area contributed by atoms with Gasteiger partial charge in [-0.1, -0.05) is 0 Å². The fourth-order valence-electron chi connectivity index (χ4n) is 2.15. The lowest BCUT2D eigenvalue weighted by Gasteiger charge is -2.12. The molecule has 0 bridgehead atoms. The van der Waals surface area contributed by atoms with Crippen molar-refractivity contribution in [3.8, 4) is 0 Å². The summed E-state index contributed by atoms with van der Waals surface area (Å²) in [5, 5.41) is 5.93. The van der Waals surface area contributed by atoms with Gasteiger partial charge in [-0.25, -0.2) is 9.97 Å². The molecule has 0 aliphatic carbocycles. The number of nitrogens with zero attached hydrogens (tertiary/aromatic N) is 2. The summed E-state index contributed by atoms with van der Waals surface area (Å²) in [4.78, 5) is 20.4. The average molecular weight is 288 g/mol. The molecule has 2 N–H and O–H groups in total. The van der Waals surface area contributed by atoms with Crippen LogP contribution in [0.3, 0.4) is 0 Å². The fourth-order valence-corrected chi connectivity index (χ4v) is 2.15. The van der Waals surface area contributed by atoms with Crippen molar-refractivity contribution < 1.29 is 9.21 Å². The maximum Gasteiger partial charge on any atom is 0.271 e. The van der Waals surface area contributed by atoms with E-state index in [1.807, 2.05) is 33.8 Å². The second-order valence-electron chi connectivity index (χ2n) is 4.88. The Morgan fingerprint density at radius 3 is 2.62 bits per heavy atom. The molecular formula is C15H20N4O2. The highest BCUT2D eigenvalue weighted by Gasteiger charge is 2.17. The zero-order chi connectivity index (χ0) is 15.4. The molecule has 0 radical (unpaired) electrons. The van der Waals surface area contributed by atoms with E-state index < -0.39 is 0 Å². The Kier molecular flexibility index (Phi) is 4.57. The van der Waals surface area contributed by atoms with Gasteiger partial charge in [0.15, 0.2) is 0 Å². The monoisotopic (exact) mass is 288 g/mol. The maximum atomic E-state index is 12.2. The minimum Gasteiger partial charge on any atom is -0.466 e. The summed E-state index contributed by atoms with van der Waals surface area (Å²) in [6.45, 7) is 8.41. The van der Waals surface area contributed by atoms with Gasteiger partial charge in [0, 0.05) is 12.1 Å². The van der Waals surface area contributed by atoms with Gasteiger partial charge in [0.25, 0.3) is 5.91 Å². The summed E-state index contributed by atoms with van der Waals surface area (Å²) in [6.07, 6.45) is 3.02. The predicted octanol–water partition coefficient (Wildman–Crippen LogP) is 2.61. The predicted molar refractivity (Wildman–Crippen MR) is 80.3 cm³/mol. The van der Waals surface area contributed by atoms with Gasteiger partial charge in [-0.05, 0) is 33.8 Å². The summed E-state index contributed by atoms with van der Waals surface area (Å²) in [5.41, 5.74) is 1.26. The van der Waals surface area contributed by atoms with Gasteiger partial charge in [-0.15, -0.1) is 0 Å². The minimum absolute atomic E-state index is 0.148. The summed E-state index contributed by atoms with van der Waals surface area (Å²) in [6, 6.07) is 1.78. The van der Waals surface area contributed by atoms with Gasteiger partial charge in [0.05, 0.1) is 18.4 Å². The number of hydrogen-bond acceptors (Lipinski definition) is 5. The Balaban J connectivity index is 2.05. The fraction of sp³-hybridized carbons (Fsp3) is 0.400. The van der Waals surface area contributed by atoms with Crippen molar-refractivity contribution in [3.05, 3.63) is 41.2 Å². The first kappa shape index (κ1) is 15.0. The topological polar surface area (TPSA) is 80.0 Å². The molecule has 0 aliphatic heterocycles. The molecule has 2 rings (SSSR count). The summed E-state index contributed by atoms with van der Waals surface area (Å²) < 4.78 is 5.48. The van der Waals surface area contributed by atoms with Gasteiger partial charge < -0.3 is 15.1 Å². The highest BCUT2D eigenvalue weighted by molar-refractivity contribution is 5.92. The lowest BCUT2D eigenvalue weighted by molar-refractivity contribution is 0.0934. The number of nitrogens with one attached hydrogen (secondary N) is 2. The normalized spacial score (nSPS) is 12.0. The zero-order valence-electron chi connectivity index (χ0n) is 12.7. The van der Waals surface area contributed by atoms with Crippen molar-refractivity contribution >= 4 is 11.7 Å². The first-order valence-corrected chi connectivity index (χ1v) is 6.95. The van der Waals surface area contributed by atoms with E-state index in [1.165, 1.54) is 6.20 Å². The number of carbonyl (C=O) groups is 1. The Hall–Kier alpha value is -2.37. The van der Waals surface area contributed by atoms with Gasteiger partial charge in [0.1, 0.15) is 23.0 Å². The Labute approximate surface area is 124 Å². The second kappa shape index (κ2) is 6.39. The average Bonchev–Trinajstić information content (AvgIpc) is 2.79. The summed E-state index contributed by atoms with van der Waals surface area (Å²) in [7, 11) is 0. The van der Waals surface area contributed by atoms with E-state index in [4.69, 9.17) is 4.42 Å². The number of carbonyl (C=O) groups excluding carboxylic acids is 1. The van der Waals surface area contributed by atoms with Gasteiger partial charge >= 0.3 is 0 Å². The van der Waals surface area contributed by atoms with Crippen molar-refractivity contribution in [2.75, 3.05) is 11.9 Å². The van der Waals surface area contributed by atoms with Crippen LogP contribution < -0.4 is 10.6 Å². The van der Waals surface area contributed by atoms with Crippen LogP contribution >= 0.6 is 0 Å². The van der Waals surface area contributed by atoms with E-state index in [1.54, 1.807) is 6.20 Å². The van der Waals surface area contributed by atoms with Crippen LogP contribution in [0.5, 0.6) is 0 Å². The van der Waals surface area contributed by atoms with Crippen LogP contribution in [0.2, 0.25) is 0 Å². The minimum atomic E-state index is -0.253. The first-order chi connectivity index (χ1) is 10.0. The SMILES string of the molecule is CCNc1cnc(C(=O)NC(C)c2cc(C)oc2C)cn1. The molecule has 2 heterocycles. The molecule has 112 valence electrons. The van der Waals surface area contributed by atoms with E-state index in [0.29, 0.717) is 11.5 Å². The van der Waals surface area contributed by atoms with Gasteiger partial charge in [-0.3, -0.25) is 4.79 Å². The lowest BCUT2D eigenvalue weighted by Crippen LogP contribution is -2.27. The molecule has 0 aliphatic rings. The van der Waals surface area contributed by atoms with E-state index in [-0.39, 0.29) is 11.9 Å². The number of aromatic nitrogens is 2. The van der Waals surface area contributed by atoms with Gasteiger partial charge in [0.2, 0.25) is 0 Å². The smallest absolute Gasteiger partial charge is 0.271 e.